The third-order valence-corrected chi connectivity index (χ3v) is 6.16. The molecule has 1 heterocycles. The van der Waals surface area contributed by atoms with Crippen molar-refractivity contribution in [2.45, 2.75) is 71.2 Å². The molecule has 1 N–H and O–H groups in total. The normalized spacial score (nSPS) is 19.3. The number of anilines is 1. The fourth-order valence-corrected chi connectivity index (χ4v) is 4.78. The van der Waals surface area contributed by atoms with Crippen molar-refractivity contribution in [1.29, 1.82) is 0 Å². The first kappa shape index (κ1) is 22.6. The summed E-state index contributed by atoms with van der Waals surface area (Å²) in [6, 6.07) is 7.14. The van der Waals surface area contributed by atoms with Gasteiger partial charge in [0, 0.05) is 11.4 Å². The molecule has 0 aliphatic carbocycles. The van der Waals surface area contributed by atoms with Crippen LogP contribution in [0.5, 0.6) is 0 Å². The van der Waals surface area contributed by atoms with E-state index >= 15 is 0 Å². The Balaban J connectivity index is 2.11. The molecule has 0 spiro atoms. The number of carbonyl (C=O) groups excluding carboxylic acids is 2. The number of esters is 1. The van der Waals surface area contributed by atoms with Crippen LogP contribution >= 0.6 is 11.8 Å². The van der Waals surface area contributed by atoms with Crippen molar-refractivity contribution < 1.29 is 14.3 Å². The summed E-state index contributed by atoms with van der Waals surface area (Å²) in [7, 11) is 0. The number of rotatable bonds is 8. The maximum Gasteiger partial charge on any atom is 0.329 e. The highest BCUT2D eigenvalue weighted by Gasteiger charge is 2.42. The molecule has 1 saturated heterocycles. The van der Waals surface area contributed by atoms with Crippen molar-refractivity contribution >= 4 is 29.4 Å². The van der Waals surface area contributed by atoms with E-state index in [2.05, 4.69) is 39.9 Å². The SMILES string of the molecule is CCCCOC(=O)C1CSC(CC(C)C)N1C(=O)Nc1ccc(C(C)C)cc1. The molecule has 0 bridgehead atoms. The summed E-state index contributed by atoms with van der Waals surface area (Å²) in [6.45, 7) is 11.0. The van der Waals surface area contributed by atoms with Crippen LogP contribution in [0.1, 0.15) is 65.4 Å². The minimum absolute atomic E-state index is 0.0151. The van der Waals surface area contributed by atoms with Gasteiger partial charge >= 0.3 is 12.0 Å². The highest BCUT2D eigenvalue weighted by atomic mass is 32.2. The second kappa shape index (κ2) is 10.7. The average molecular weight is 407 g/mol. The van der Waals surface area contributed by atoms with Gasteiger partial charge < -0.3 is 10.1 Å². The zero-order valence-electron chi connectivity index (χ0n) is 17.7. The molecule has 2 amide bonds. The van der Waals surface area contributed by atoms with Crippen LogP contribution in [0.25, 0.3) is 0 Å². The quantitative estimate of drug-likeness (QED) is 0.459. The number of unbranched alkanes of at least 4 members (excludes halogenated alkanes) is 1. The Hall–Kier alpha value is -1.69. The van der Waals surface area contributed by atoms with Gasteiger partial charge in [0.1, 0.15) is 6.04 Å². The van der Waals surface area contributed by atoms with Crippen molar-refractivity contribution in [3.63, 3.8) is 0 Å². The molecule has 156 valence electrons. The van der Waals surface area contributed by atoms with Gasteiger partial charge in [-0.25, -0.2) is 9.59 Å². The second-order valence-corrected chi connectivity index (χ2v) is 9.28. The molecule has 2 unspecified atom stereocenters. The molecule has 5 nitrogen and oxygen atoms in total. The van der Waals surface area contributed by atoms with Crippen molar-refractivity contribution in [3.05, 3.63) is 29.8 Å². The van der Waals surface area contributed by atoms with Gasteiger partial charge in [0.05, 0.1) is 12.0 Å². The highest BCUT2D eigenvalue weighted by molar-refractivity contribution is 8.00. The van der Waals surface area contributed by atoms with Crippen LogP contribution in [-0.4, -0.2) is 40.7 Å². The molecule has 1 fully saturated rings. The maximum atomic E-state index is 13.1. The minimum atomic E-state index is -0.527. The Bertz CT molecular complexity index is 646. The summed E-state index contributed by atoms with van der Waals surface area (Å²) >= 11 is 1.66. The zero-order chi connectivity index (χ0) is 20.7. The summed E-state index contributed by atoms with van der Waals surface area (Å²) in [4.78, 5) is 27.3. The van der Waals surface area contributed by atoms with Crippen molar-refractivity contribution in [1.82, 2.24) is 4.90 Å². The van der Waals surface area contributed by atoms with E-state index in [9.17, 15) is 9.59 Å². The molecular formula is C22H34N2O3S. The molecule has 1 aromatic rings. The highest BCUT2D eigenvalue weighted by Crippen LogP contribution is 2.34. The number of amides is 2. The lowest BCUT2D eigenvalue weighted by atomic mass is 10.0. The number of ether oxygens (including phenoxy) is 1. The number of hydrogen-bond donors (Lipinski definition) is 1. The molecule has 2 rings (SSSR count). The molecule has 0 aromatic heterocycles. The van der Waals surface area contributed by atoms with Crippen molar-refractivity contribution in [3.8, 4) is 0 Å². The summed E-state index contributed by atoms with van der Waals surface area (Å²) in [6.07, 6.45) is 2.66. The fourth-order valence-electron chi connectivity index (χ4n) is 3.15. The van der Waals surface area contributed by atoms with Gasteiger partial charge in [-0.2, -0.15) is 0 Å². The van der Waals surface area contributed by atoms with Crippen LogP contribution in [0.3, 0.4) is 0 Å². The topological polar surface area (TPSA) is 58.6 Å². The standard InChI is InChI=1S/C22H34N2O3S/c1-6-7-12-27-21(25)19-14-28-20(13-15(2)3)24(19)22(26)23-18-10-8-17(9-11-18)16(4)5/h8-11,15-16,19-20H,6-7,12-14H2,1-5H3,(H,23,26). The minimum Gasteiger partial charge on any atom is -0.464 e. The predicted molar refractivity (Wildman–Crippen MR) is 117 cm³/mol. The zero-order valence-corrected chi connectivity index (χ0v) is 18.6. The van der Waals surface area contributed by atoms with E-state index < -0.39 is 6.04 Å². The molecule has 0 radical (unpaired) electrons. The van der Waals surface area contributed by atoms with E-state index in [-0.39, 0.29) is 17.4 Å². The molecule has 28 heavy (non-hydrogen) atoms. The van der Waals surface area contributed by atoms with E-state index in [0.717, 1.165) is 24.9 Å². The van der Waals surface area contributed by atoms with Crippen LogP contribution in [-0.2, 0) is 9.53 Å². The number of nitrogens with zero attached hydrogens (tertiary/aromatic N) is 1. The van der Waals surface area contributed by atoms with E-state index in [4.69, 9.17) is 4.74 Å². The third-order valence-electron chi connectivity index (χ3n) is 4.84. The van der Waals surface area contributed by atoms with E-state index in [1.54, 1.807) is 16.7 Å². The van der Waals surface area contributed by atoms with E-state index in [1.807, 2.05) is 24.3 Å². The number of thioether (sulfide) groups is 1. The Morgan fingerprint density at radius 1 is 1.21 bits per heavy atom. The van der Waals surface area contributed by atoms with E-state index in [1.165, 1.54) is 5.56 Å². The maximum absolute atomic E-state index is 13.1. The molecule has 1 aliphatic heterocycles. The predicted octanol–water partition coefficient (Wildman–Crippen LogP) is 5.47. The van der Waals surface area contributed by atoms with Gasteiger partial charge in [-0.3, -0.25) is 4.90 Å². The first-order valence-electron chi connectivity index (χ1n) is 10.3. The summed E-state index contributed by atoms with van der Waals surface area (Å²) in [5.74, 6) is 1.17. The van der Waals surface area contributed by atoms with Gasteiger partial charge in [-0.15, -0.1) is 11.8 Å². The van der Waals surface area contributed by atoms with E-state index in [0.29, 0.717) is 24.2 Å². The van der Waals surface area contributed by atoms with Crippen molar-refractivity contribution in [2.24, 2.45) is 5.92 Å². The molecule has 6 heteroatoms. The van der Waals surface area contributed by atoms with Crippen LogP contribution in [0, 0.1) is 5.92 Å². The second-order valence-electron chi connectivity index (χ2n) is 8.07. The van der Waals surface area contributed by atoms with Gasteiger partial charge in [-0.1, -0.05) is 53.2 Å². The van der Waals surface area contributed by atoms with Crippen molar-refractivity contribution in [2.75, 3.05) is 17.7 Å². The first-order chi connectivity index (χ1) is 13.3. The lowest BCUT2D eigenvalue weighted by Crippen LogP contribution is -2.48. The molecule has 0 saturated carbocycles. The number of hydrogen-bond acceptors (Lipinski definition) is 4. The number of nitrogens with one attached hydrogen (secondary N) is 1. The van der Waals surface area contributed by atoms with Crippen LogP contribution < -0.4 is 5.32 Å². The fraction of sp³-hybridized carbons (Fsp3) is 0.636. The first-order valence-corrected chi connectivity index (χ1v) is 11.4. The molecule has 2 atom stereocenters. The largest absolute Gasteiger partial charge is 0.464 e. The lowest BCUT2D eigenvalue weighted by molar-refractivity contribution is -0.148. The number of carbonyl (C=O) groups is 2. The van der Waals surface area contributed by atoms with Gasteiger partial charge in [0.25, 0.3) is 0 Å². The molecule has 1 aliphatic rings. The summed E-state index contributed by atoms with van der Waals surface area (Å²) < 4.78 is 5.42. The van der Waals surface area contributed by atoms with Gasteiger partial charge in [0.15, 0.2) is 0 Å². The monoisotopic (exact) mass is 406 g/mol. The summed E-state index contributed by atoms with van der Waals surface area (Å²) in [5, 5.41) is 2.96. The van der Waals surface area contributed by atoms with Crippen LogP contribution in [0.15, 0.2) is 24.3 Å². The number of urea groups is 1. The smallest absolute Gasteiger partial charge is 0.329 e. The number of benzene rings is 1. The van der Waals surface area contributed by atoms with Gasteiger partial charge in [-0.05, 0) is 42.4 Å². The van der Waals surface area contributed by atoms with Crippen LogP contribution in [0.2, 0.25) is 0 Å². The lowest BCUT2D eigenvalue weighted by Gasteiger charge is -2.29. The Morgan fingerprint density at radius 2 is 1.89 bits per heavy atom. The van der Waals surface area contributed by atoms with Gasteiger partial charge in [0.2, 0.25) is 0 Å². The average Bonchev–Trinajstić information content (AvgIpc) is 3.05. The molecular weight excluding hydrogens is 372 g/mol. The Labute approximate surface area is 173 Å². The Morgan fingerprint density at radius 3 is 2.46 bits per heavy atom. The third kappa shape index (κ3) is 6.16. The molecule has 1 aromatic carbocycles. The Kier molecular flexibility index (Phi) is 8.67. The summed E-state index contributed by atoms with van der Waals surface area (Å²) in [5.41, 5.74) is 1.97. The van der Waals surface area contributed by atoms with Crippen LogP contribution in [0.4, 0.5) is 10.5 Å².